The molecule has 0 radical (unpaired) electrons. The van der Waals surface area contributed by atoms with Gasteiger partial charge in [0.25, 0.3) is 0 Å². The fraction of sp³-hybridized carbons (Fsp3) is 0.667. The molecule has 3 heteroatoms. The van der Waals surface area contributed by atoms with Crippen LogP contribution >= 0.6 is 0 Å². The fourth-order valence-electron chi connectivity index (χ4n) is 1.42. The summed E-state index contributed by atoms with van der Waals surface area (Å²) in [5, 5.41) is 2.58. The smallest absolute Gasteiger partial charge is 0.245 e. The van der Waals surface area contributed by atoms with Crippen molar-refractivity contribution in [2.24, 2.45) is 0 Å². The van der Waals surface area contributed by atoms with Crippen molar-refractivity contribution >= 4 is 5.91 Å². The summed E-state index contributed by atoms with van der Waals surface area (Å²) >= 11 is 0. The Kier molecular flexibility index (Phi) is 3.14. The Morgan fingerprint density at radius 2 is 2.00 bits per heavy atom. The molecule has 3 nitrogen and oxygen atoms in total. The third kappa shape index (κ3) is 2.26. The number of amides is 1. The number of nitrogens with one attached hydrogen (secondary N) is 1. The third-order valence-electron chi connectivity index (χ3n) is 2.19. The monoisotopic (exact) mass is 168 g/mol. The van der Waals surface area contributed by atoms with Crippen LogP contribution in [0.4, 0.5) is 0 Å². The van der Waals surface area contributed by atoms with Crippen molar-refractivity contribution in [3.05, 3.63) is 11.8 Å². The first-order valence-corrected chi connectivity index (χ1v) is 4.39. The van der Waals surface area contributed by atoms with Gasteiger partial charge in [0.05, 0.1) is 0 Å². The topological polar surface area (TPSA) is 32.3 Å². The zero-order chi connectivity index (χ0) is 8.97. The minimum atomic E-state index is -0.0144. The van der Waals surface area contributed by atoms with Gasteiger partial charge in [-0.3, -0.25) is 4.79 Å². The van der Waals surface area contributed by atoms with Gasteiger partial charge >= 0.3 is 0 Å². The summed E-state index contributed by atoms with van der Waals surface area (Å²) in [7, 11) is 1.65. The van der Waals surface area contributed by atoms with Crippen molar-refractivity contribution in [3.63, 3.8) is 0 Å². The van der Waals surface area contributed by atoms with Gasteiger partial charge in [0, 0.05) is 31.9 Å². The second-order valence-electron chi connectivity index (χ2n) is 3.09. The van der Waals surface area contributed by atoms with Crippen molar-refractivity contribution in [1.82, 2.24) is 10.2 Å². The summed E-state index contributed by atoms with van der Waals surface area (Å²) in [6.07, 6.45) is 4.16. The molecule has 1 saturated heterocycles. The molecule has 0 unspecified atom stereocenters. The number of hydrogen-bond acceptors (Lipinski definition) is 2. The Morgan fingerprint density at radius 3 is 2.50 bits per heavy atom. The first-order chi connectivity index (χ1) is 5.74. The molecular weight excluding hydrogens is 152 g/mol. The Labute approximate surface area is 73.4 Å². The van der Waals surface area contributed by atoms with Gasteiger partial charge in [-0.2, -0.15) is 0 Å². The summed E-state index contributed by atoms with van der Waals surface area (Å²) in [6, 6.07) is 0. The van der Waals surface area contributed by atoms with Crippen molar-refractivity contribution in [2.75, 3.05) is 20.1 Å². The van der Waals surface area contributed by atoms with Crippen LogP contribution in [0.1, 0.15) is 19.8 Å². The molecule has 0 bridgehead atoms. The van der Waals surface area contributed by atoms with Gasteiger partial charge < -0.3 is 10.2 Å². The predicted octanol–water partition coefficient (Wildman–Crippen LogP) is 0.732. The van der Waals surface area contributed by atoms with E-state index in [0.717, 1.165) is 18.8 Å². The van der Waals surface area contributed by atoms with E-state index >= 15 is 0 Å². The number of nitrogens with zero attached hydrogens (tertiary/aromatic N) is 1. The van der Waals surface area contributed by atoms with Crippen LogP contribution in [0.3, 0.4) is 0 Å². The van der Waals surface area contributed by atoms with E-state index in [4.69, 9.17) is 0 Å². The zero-order valence-electron chi connectivity index (χ0n) is 7.76. The summed E-state index contributed by atoms with van der Waals surface area (Å²) < 4.78 is 0. The highest BCUT2D eigenvalue weighted by Crippen LogP contribution is 2.13. The lowest BCUT2D eigenvalue weighted by Gasteiger charge is -2.17. The largest absolute Gasteiger partial charge is 0.375 e. The van der Waals surface area contributed by atoms with Crippen LogP contribution in [-0.4, -0.2) is 30.9 Å². The first kappa shape index (κ1) is 9.10. The second kappa shape index (κ2) is 4.14. The molecule has 0 spiro atoms. The van der Waals surface area contributed by atoms with Gasteiger partial charge in [-0.15, -0.1) is 0 Å². The van der Waals surface area contributed by atoms with E-state index in [1.54, 1.807) is 13.1 Å². The Bertz CT molecular complexity index is 193. The van der Waals surface area contributed by atoms with Gasteiger partial charge in [-0.1, -0.05) is 0 Å². The Balaban J connectivity index is 2.49. The molecule has 0 aliphatic carbocycles. The molecule has 12 heavy (non-hydrogen) atoms. The highest BCUT2D eigenvalue weighted by atomic mass is 16.1. The summed E-state index contributed by atoms with van der Waals surface area (Å²) in [4.78, 5) is 13.2. The molecule has 1 fully saturated rings. The quantitative estimate of drug-likeness (QED) is 0.616. The number of likely N-dealkylation sites (tertiary alicyclic amines) is 1. The van der Waals surface area contributed by atoms with Crippen LogP contribution in [0.15, 0.2) is 11.8 Å². The van der Waals surface area contributed by atoms with E-state index in [9.17, 15) is 4.79 Å². The van der Waals surface area contributed by atoms with Crippen molar-refractivity contribution in [1.29, 1.82) is 0 Å². The number of carbonyl (C=O) groups excluding carboxylic acids is 1. The van der Waals surface area contributed by atoms with Gasteiger partial charge in [0.1, 0.15) is 0 Å². The predicted molar refractivity (Wildman–Crippen MR) is 48.6 cm³/mol. The Hall–Kier alpha value is -0.990. The number of hydrogen-bond donors (Lipinski definition) is 1. The average Bonchev–Trinajstić information content (AvgIpc) is 2.56. The molecule has 0 atom stereocenters. The molecule has 1 N–H and O–H groups in total. The maximum atomic E-state index is 11.0. The summed E-state index contributed by atoms with van der Waals surface area (Å²) in [5.41, 5.74) is 1.08. The molecular formula is C9H16N2O. The normalized spacial score (nSPS) is 18.2. The number of likely N-dealkylation sites (N-methyl/N-ethyl adjacent to an activating group) is 1. The van der Waals surface area contributed by atoms with Gasteiger partial charge in [0.15, 0.2) is 0 Å². The molecule has 1 amide bonds. The molecule has 0 aromatic heterocycles. The lowest BCUT2D eigenvalue weighted by atomic mass is 10.4. The van der Waals surface area contributed by atoms with E-state index in [-0.39, 0.29) is 5.91 Å². The summed E-state index contributed by atoms with van der Waals surface area (Å²) in [6.45, 7) is 4.18. The van der Waals surface area contributed by atoms with E-state index in [2.05, 4.69) is 10.2 Å². The molecule has 0 aromatic rings. The molecule has 68 valence electrons. The van der Waals surface area contributed by atoms with Gasteiger partial charge in [0.2, 0.25) is 5.91 Å². The second-order valence-corrected chi connectivity index (χ2v) is 3.09. The molecule has 1 aliphatic rings. The number of rotatable bonds is 2. The molecule has 0 saturated carbocycles. The minimum Gasteiger partial charge on any atom is -0.375 e. The van der Waals surface area contributed by atoms with E-state index in [1.807, 2.05) is 6.92 Å². The number of carbonyl (C=O) groups is 1. The molecule has 1 rings (SSSR count). The van der Waals surface area contributed by atoms with Crippen LogP contribution in [-0.2, 0) is 4.79 Å². The molecule has 0 aromatic carbocycles. The summed E-state index contributed by atoms with van der Waals surface area (Å²) in [5.74, 6) is -0.0144. The van der Waals surface area contributed by atoms with Crippen molar-refractivity contribution in [3.8, 4) is 0 Å². The number of allylic oxidation sites excluding steroid dienone is 1. The van der Waals surface area contributed by atoms with E-state index in [0.29, 0.717) is 0 Å². The average molecular weight is 168 g/mol. The molecule has 1 heterocycles. The van der Waals surface area contributed by atoms with E-state index < -0.39 is 0 Å². The van der Waals surface area contributed by atoms with Gasteiger partial charge in [-0.25, -0.2) is 0 Å². The van der Waals surface area contributed by atoms with Crippen molar-refractivity contribution < 1.29 is 4.79 Å². The third-order valence-corrected chi connectivity index (χ3v) is 2.19. The minimum absolute atomic E-state index is 0.0144. The van der Waals surface area contributed by atoms with Crippen LogP contribution in [0, 0.1) is 0 Å². The zero-order valence-corrected chi connectivity index (χ0v) is 7.76. The highest BCUT2D eigenvalue weighted by Gasteiger charge is 2.11. The van der Waals surface area contributed by atoms with E-state index in [1.165, 1.54) is 12.8 Å². The lowest BCUT2D eigenvalue weighted by molar-refractivity contribution is -0.116. The highest BCUT2D eigenvalue weighted by molar-refractivity contribution is 5.87. The first-order valence-electron chi connectivity index (χ1n) is 4.39. The van der Waals surface area contributed by atoms with Crippen LogP contribution in [0.2, 0.25) is 0 Å². The Morgan fingerprint density at radius 1 is 1.42 bits per heavy atom. The fourth-order valence-corrected chi connectivity index (χ4v) is 1.42. The maximum absolute atomic E-state index is 11.0. The lowest BCUT2D eigenvalue weighted by Crippen LogP contribution is -2.21. The molecule has 1 aliphatic heterocycles. The van der Waals surface area contributed by atoms with Crippen molar-refractivity contribution in [2.45, 2.75) is 19.8 Å². The standard InChI is InChI=1S/C9H16N2O/c1-8(7-9(12)10-2)11-5-3-4-6-11/h7H,3-6H2,1-2H3,(H,10,12)/b8-7-. The van der Waals surface area contributed by atoms with Gasteiger partial charge in [-0.05, 0) is 19.8 Å². The van der Waals surface area contributed by atoms with Crippen LogP contribution in [0.25, 0.3) is 0 Å². The maximum Gasteiger partial charge on any atom is 0.245 e. The van der Waals surface area contributed by atoms with Crippen LogP contribution < -0.4 is 5.32 Å². The SMILES string of the molecule is CNC(=O)/C=C(/C)N1CCCC1. The van der Waals surface area contributed by atoms with Crippen LogP contribution in [0.5, 0.6) is 0 Å².